The van der Waals surface area contributed by atoms with Gasteiger partial charge < -0.3 is 11.2 Å². The van der Waals surface area contributed by atoms with Crippen molar-refractivity contribution >= 4 is 0 Å². The van der Waals surface area contributed by atoms with Gasteiger partial charge in [-0.05, 0) is 36.5 Å². The molecule has 2 rings (SSSR count). The van der Waals surface area contributed by atoms with Gasteiger partial charge in [0, 0.05) is 0 Å². The average molecular weight is 538 g/mol. The maximum Gasteiger partial charge on any atom is 0.573 e. The number of benzene rings is 1. The first kappa shape index (κ1) is 15.9. The predicted molar refractivity (Wildman–Crippen MR) is 68.1 cm³/mol. The molecule has 0 aliphatic heterocycles. The van der Waals surface area contributed by atoms with E-state index in [9.17, 15) is 13.2 Å². The Bertz CT molecular complexity index is 428. The zero-order valence-corrected chi connectivity index (χ0v) is 18.3. The molecule has 0 unspecified atom stereocenters. The Balaban J connectivity index is 0.00000200. The first-order valence-corrected chi connectivity index (χ1v) is 6.55. The molecule has 5 heteroatoms. The van der Waals surface area contributed by atoms with Gasteiger partial charge in [-0.1, -0.05) is 25.0 Å². The Morgan fingerprint density at radius 2 is 1.60 bits per heavy atom. The van der Waals surface area contributed by atoms with Crippen molar-refractivity contribution in [1.82, 2.24) is 0 Å². The van der Waals surface area contributed by atoms with Gasteiger partial charge in [-0.2, -0.15) is 12.8 Å². The Kier molecular flexibility index (Phi) is 4.64. The van der Waals surface area contributed by atoms with Gasteiger partial charge in [0.25, 0.3) is 0 Å². The summed E-state index contributed by atoms with van der Waals surface area (Å²) >= 11 is 0. The predicted octanol–water partition coefficient (Wildman–Crippen LogP) is 5.06. The first-order valence-electron chi connectivity index (χ1n) is 6.55. The summed E-state index contributed by atoms with van der Waals surface area (Å²) in [5.41, 5.74) is 2.25. The topological polar surface area (TPSA) is 9.23 Å². The van der Waals surface area contributed by atoms with E-state index in [4.69, 9.17) is 0 Å². The molecule has 1 nitrogen and oxygen atoms in total. The summed E-state index contributed by atoms with van der Waals surface area (Å²) in [6.07, 6.45) is 1.98. The van der Waals surface area contributed by atoms with Crippen molar-refractivity contribution in [3.8, 4) is 5.75 Å². The smallest absolute Gasteiger partial charge is 0.405 e. The molecule has 0 aromatic heterocycles. The van der Waals surface area contributed by atoms with E-state index in [-0.39, 0.29) is 5.75 Å². The second-order valence-corrected chi connectivity index (χ2v) is 5.17. The number of ether oxygens (including phenoxy) is 1. The Hall–Kier alpha value is -2.19. The monoisotopic (exact) mass is 538 g/mol. The molecule has 0 amide bonds. The van der Waals surface area contributed by atoms with Gasteiger partial charge in [0.15, 0.2) is 0 Å². The van der Waals surface area contributed by atoms with Crippen molar-refractivity contribution in [1.29, 1.82) is 0 Å². The number of rotatable bonds is 2. The molecule has 0 radical (unpaired) electrons. The quantitative estimate of drug-likeness (QED) is 0.479. The molecule has 0 heterocycles. The number of halogens is 3. The largest absolute Gasteiger partial charge is 0.573 e. The molecule has 108 valence electrons. The van der Waals surface area contributed by atoms with Crippen LogP contribution in [-0.4, -0.2) is 6.36 Å². The van der Waals surface area contributed by atoms with Crippen molar-refractivity contribution in [2.24, 2.45) is 0 Å². The molecule has 20 heavy (non-hydrogen) atoms. The molecular formula is C15H18F3ORf-. The molecule has 1 aromatic carbocycles. The molecular weight excluding hydrogens is 520 g/mol. The summed E-state index contributed by atoms with van der Waals surface area (Å²) in [6.45, 7) is 3.35. The third kappa shape index (κ3) is 3.65. The molecule has 1 aromatic rings. The SMILES string of the molecule is Cc1cc(C2CC[CH-]CC2)cc(C)c1OC(F)(F)F.[Rf]. The summed E-state index contributed by atoms with van der Waals surface area (Å²) in [6, 6.07) is 3.67. The van der Waals surface area contributed by atoms with Crippen LogP contribution in [0, 0.1) is 20.3 Å². The zero-order valence-electron chi connectivity index (χ0n) is 11.9. The molecule has 0 bridgehead atoms. The van der Waals surface area contributed by atoms with Gasteiger partial charge in [-0.3, -0.25) is 0 Å². The van der Waals surface area contributed by atoms with E-state index in [2.05, 4.69) is 11.2 Å². The normalized spacial score (nSPS) is 16.6. The number of hydrogen-bond donors (Lipinski definition) is 0. The summed E-state index contributed by atoms with van der Waals surface area (Å²) < 4.78 is 41.1. The number of hydrogen-bond acceptors (Lipinski definition) is 1. The van der Waals surface area contributed by atoms with E-state index in [0.29, 0.717) is 17.0 Å². The fourth-order valence-corrected chi connectivity index (χ4v) is 2.76. The number of alkyl halides is 3. The molecule has 1 aliphatic rings. The molecule has 1 fully saturated rings. The second-order valence-electron chi connectivity index (χ2n) is 5.17. The molecule has 0 N–H and O–H groups in total. The van der Waals surface area contributed by atoms with Crippen LogP contribution in [0.4, 0.5) is 13.2 Å². The van der Waals surface area contributed by atoms with Crippen LogP contribution in [0.3, 0.4) is 0 Å². The minimum atomic E-state index is -4.63. The summed E-state index contributed by atoms with van der Waals surface area (Å²) in [5.74, 6) is 0.404. The van der Waals surface area contributed by atoms with Gasteiger partial charge in [0.05, 0.1) is 0 Å². The Labute approximate surface area is 111 Å². The van der Waals surface area contributed by atoms with Crippen LogP contribution < -0.4 is 4.74 Å². The summed E-state index contributed by atoms with van der Waals surface area (Å²) in [4.78, 5) is 0. The molecule has 0 atom stereocenters. The second kappa shape index (κ2) is 5.85. The van der Waals surface area contributed by atoms with Gasteiger partial charge in [-0.15, -0.1) is 13.2 Å². The Morgan fingerprint density at radius 3 is 2.05 bits per heavy atom. The first-order chi connectivity index (χ1) is 8.87. The van der Waals surface area contributed by atoms with Crippen LogP contribution in [0.15, 0.2) is 12.1 Å². The third-order valence-corrected chi connectivity index (χ3v) is 3.61. The summed E-state index contributed by atoms with van der Waals surface area (Å²) in [5, 5.41) is 0. The van der Waals surface area contributed by atoms with Gasteiger partial charge >= 0.3 is 6.36 Å². The Morgan fingerprint density at radius 1 is 1.10 bits per heavy atom. The number of aryl methyl sites for hydroxylation is 2. The third-order valence-electron chi connectivity index (χ3n) is 3.61. The van der Waals surface area contributed by atoms with Crippen molar-refractivity contribution in [3.63, 3.8) is 0 Å². The van der Waals surface area contributed by atoms with Crippen molar-refractivity contribution in [3.05, 3.63) is 35.2 Å². The zero-order chi connectivity index (χ0) is 14.0. The maximum atomic E-state index is 12.3. The van der Waals surface area contributed by atoms with Crippen LogP contribution in [0.25, 0.3) is 0 Å². The van der Waals surface area contributed by atoms with Crippen LogP contribution in [0.2, 0.25) is 0 Å². The maximum absolute atomic E-state index is 12.3. The van der Waals surface area contributed by atoms with Crippen molar-refractivity contribution < 1.29 is 17.9 Å². The average Bonchev–Trinajstić information content (AvgIpc) is 2.33. The molecule has 1 saturated carbocycles. The minimum Gasteiger partial charge on any atom is -0.405 e. The minimum absolute atomic E-state index is 0. The van der Waals surface area contributed by atoms with E-state index >= 15 is 0 Å². The fourth-order valence-electron chi connectivity index (χ4n) is 2.76. The van der Waals surface area contributed by atoms with Crippen molar-refractivity contribution in [2.75, 3.05) is 0 Å². The van der Waals surface area contributed by atoms with E-state index < -0.39 is 6.36 Å². The van der Waals surface area contributed by atoms with Crippen LogP contribution in [-0.2, 0) is 0 Å². The van der Waals surface area contributed by atoms with Crippen LogP contribution in [0.1, 0.15) is 48.3 Å². The van der Waals surface area contributed by atoms with Gasteiger partial charge in [-0.25, -0.2) is 0 Å². The summed E-state index contributed by atoms with van der Waals surface area (Å²) in [7, 11) is 0. The fraction of sp³-hybridized carbons (Fsp3) is 0.533. The van der Waals surface area contributed by atoms with Crippen LogP contribution >= 0.6 is 0 Å². The van der Waals surface area contributed by atoms with Gasteiger partial charge in [0.1, 0.15) is 5.75 Å². The molecule has 0 spiro atoms. The van der Waals surface area contributed by atoms with Crippen LogP contribution in [0.5, 0.6) is 5.75 Å². The molecule has 1 aliphatic carbocycles. The van der Waals surface area contributed by atoms with E-state index in [1.807, 2.05) is 12.1 Å². The van der Waals surface area contributed by atoms with E-state index in [1.54, 1.807) is 13.8 Å². The van der Waals surface area contributed by atoms with Gasteiger partial charge in [0.2, 0.25) is 0 Å². The van der Waals surface area contributed by atoms with E-state index in [1.165, 1.54) is 0 Å². The van der Waals surface area contributed by atoms with Crippen molar-refractivity contribution in [2.45, 2.75) is 51.8 Å². The molecule has 0 saturated heterocycles. The van der Waals surface area contributed by atoms with E-state index in [0.717, 1.165) is 31.2 Å². The standard InChI is InChI=1S/C15H18F3O.Rf/c1-10-8-13(12-6-4-3-5-7-12)9-11(2)14(10)19-15(16,17)18;/h3,8-9,12H,4-7H2,1-2H3;/q-1;.